The molecule has 2 heteroatoms. The normalized spacial score (nSPS) is 35.2. The van der Waals surface area contributed by atoms with Gasteiger partial charge in [-0.05, 0) is 91.9 Å². The molecule has 0 bridgehead atoms. The van der Waals surface area contributed by atoms with E-state index in [0.717, 1.165) is 31.2 Å². The Morgan fingerprint density at radius 2 is 1.88 bits per heavy atom. The quantitative estimate of drug-likeness (QED) is 0.652. The van der Waals surface area contributed by atoms with Gasteiger partial charge in [-0.3, -0.25) is 0 Å². The average molecular weight is 341 g/mol. The van der Waals surface area contributed by atoms with Gasteiger partial charge in [-0.25, -0.2) is 0 Å². The number of aryl methyl sites for hydroxylation is 1. The van der Waals surface area contributed by atoms with Crippen molar-refractivity contribution in [2.45, 2.75) is 78.2 Å². The van der Waals surface area contributed by atoms with Crippen LogP contribution in [0.4, 0.5) is 0 Å². The highest BCUT2D eigenvalue weighted by Gasteiger charge is 2.54. The first-order chi connectivity index (χ1) is 12.0. The number of benzene rings is 1. The van der Waals surface area contributed by atoms with Crippen LogP contribution in [-0.4, -0.2) is 16.3 Å². The molecular formula is C23H32O2. The summed E-state index contributed by atoms with van der Waals surface area (Å²) in [7, 11) is 0. The number of aliphatic hydroxyl groups excluding tert-OH is 1. The summed E-state index contributed by atoms with van der Waals surface area (Å²) < 4.78 is 0. The molecule has 5 atom stereocenters. The van der Waals surface area contributed by atoms with Crippen molar-refractivity contribution in [3.8, 4) is 17.6 Å². The molecule has 0 amide bonds. The smallest absolute Gasteiger partial charge is 0.131 e. The molecule has 25 heavy (non-hydrogen) atoms. The number of phenolic OH excluding ortho intramolecular Hbond substituents is 1. The lowest BCUT2D eigenvalue weighted by atomic mass is 9.55. The van der Waals surface area contributed by atoms with Crippen molar-refractivity contribution in [2.24, 2.45) is 17.3 Å². The lowest BCUT2D eigenvalue weighted by Crippen LogP contribution is -2.43. The molecule has 0 aromatic heterocycles. The molecule has 3 aliphatic carbocycles. The van der Waals surface area contributed by atoms with Crippen LogP contribution in [0.25, 0.3) is 0 Å². The van der Waals surface area contributed by atoms with Crippen LogP contribution in [0, 0.1) is 29.1 Å². The maximum absolute atomic E-state index is 10.5. The van der Waals surface area contributed by atoms with E-state index < -0.39 is 0 Å². The first kappa shape index (κ1) is 18.3. The van der Waals surface area contributed by atoms with E-state index in [9.17, 15) is 10.2 Å². The van der Waals surface area contributed by atoms with Crippen LogP contribution in [0.15, 0.2) is 12.1 Å². The Kier molecular flexibility index (Phi) is 5.16. The molecule has 2 saturated carbocycles. The predicted molar refractivity (Wildman–Crippen MR) is 103 cm³/mol. The van der Waals surface area contributed by atoms with Gasteiger partial charge in [0.1, 0.15) is 5.75 Å². The van der Waals surface area contributed by atoms with Crippen molar-refractivity contribution in [2.75, 3.05) is 0 Å². The minimum Gasteiger partial charge on any atom is -0.507 e. The predicted octanol–water partition coefficient (Wildman–Crippen LogP) is 5.01. The van der Waals surface area contributed by atoms with Crippen LogP contribution in [-0.2, 0) is 6.42 Å². The molecule has 0 radical (unpaired) electrons. The summed E-state index contributed by atoms with van der Waals surface area (Å²) in [4.78, 5) is 0. The topological polar surface area (TPSA) is 40.5 Å². The molecule has 1 aromatic rings. The molecule has 2 N–H and O–H groups in total. The van der Waals surface area contributed by atoms with Crippen LogP contribution in [0.3, 0.4) is 0 Å². The summed E-state index contributed by atoms with van der Waals surface area (Å²) in [6.45, 7) is 8.12. The van der Waals surface area contributed by atoms with Crippen LogP contribution in [0.5, 0.6) is 5.75 Å². The van der Waals surface area contributed by atoms with Crippen LogP contribution < -0.4 is 0 Å². The van der Waals surface area contributed by atoms with Crippen molar-refractivity contribution in [1.82, 2.24) is 0 Å². The fraction of sp³-hybridized carbons (Fsp3) is 0.652. The third-order valence-corrected chi connectivity index (χ3v) is 7.05. The van der Waals surface area contributed by atoms with Crippen molar-refractivity contribution in [3.63, 3.8) is 0 Å². The minimum absolute atomic E-state index is 0.115. The lowest BCUT2D eigenvalue weighted by molar-refractivity contribution is -0.0226. The second kappa shape index (κ2) is 7.04. The van der Waals surface area contributed by atoms with Gasteiger partial charge in [-0.15, -0.1) is 5.92 Å². The minimum atomic E-state index is -0.115. The Hall–Kier alpha value is -1.46. The monoisotopic (exact) mass is 340 g/mol. The van der Waals surface area contributed by atoms with Gasteiger partial charge in [0.2, 0.25) is 0 Å². The number of aromatic hydroxyl groups is 1. The van der Waals surface area contributed by atoms with E-state index in [2.05, 4.69) is 24.8 Å². The van der Waals surface area contributed by atoms with Gasteiger partial charge in [0.25, 0.3) is 0 Å². The van der Waals surface area contributed by atoms with Crippen LogP contribution in [0.2, 0.25) is 0 Å². The zero-order valence-corrected chi connectivity index (χ0v) is 16.1. The fourth-order valence-electron chi connectivity index (χ4n) is 5.82. The van der Waals surface area contributed by atoms with Gasteiger partial charge >= 0.3 is 0 Å². The number of phenols is 1. The van der Waals surface area contributed by atoms with E-state index in [4.69, 9.17) is 0 Å². The molecule has 0 aliphatic heterocycles. The van der Waals surface area contributed by atoms with E-state index in [0.29, 0.717) is 23.5 Å². The third kappa shape index (κ3) is 2.87. The van der Waals surface area contributed by atoms with Crippen LogP contribution >= 0.6 is 0 Å². The fourth-order valence-corrected chi connectivity index (χ4v) is 5.82. The van der Waals surface area contributed by atoms with Gasteiger partial charge < -0.3 is 10.2 Å². The van der Waals surface area contributed by atoms with E-state index in [1.807, 2.05) is 26.8 Å². The van der Waals surface area contributed by atoms with Gasteiger partial charge in [0.05, 0.1) is 11.7 Å². The number of hydrogen-bond acceptors (Lipinski definition) is 2. The van der Waals surface area contributed by atoms with Crippen molar-refractivity contribution >= 4 is 0 Å². The molecule has 3 aliphatic rings. The maximum atomic E-state index is 10.5. The van der Waals surface area contributed by atoms with Crippen molar-refractivity contribution < 1.29 is 10.2 Å². The summed E-state index contributed by atoms with van der Waals surface area (Å²) in [5.41, 5.74) is 3.63. The molecule has 4 rings (SSSR count). The Morgan fingerprint density at radius 1 is 1.12 bits per heavy atom. The van der Waals surface area contributed by atoms with Gasteiger partial charge in [0, 0.05) is 0 Å². The summed E-state index contributed by atoms with van der Waals surface area (Å²) in [5, 5.41) is 20.7. The highest BCUT2D eigenvalue weighted by molar-refractivity contribution is 5.52. The van der Waals surface area contributed by atoms with E-state index >= 15 is 0 Å². The summed E-state index contributed by atoms with van der Waals surface area (Å²) >= 11 is 0. The van der Waals surface area contributed by atoms with Crippen molar-refractivity contribution in [1.29, 1.82) is 0 Å². The average Bonchev–Trinajstić information content (AvgIpc) is 2.93. The van der Waals surface area contributed by atoms with E-state index in [1.165, 1.54) is 24.0 Å². The largest absolute Gasteiger partial charge is 0.507 e. The SMILES string of the molecule is CC.CC#Cc1cc2c(cc1O)CCC1C2CCC2(C)C(O)CCC12. The first-order valence-corrected chi connectivity index (χ1v) is 10.0. The standard InChI is InChI=1S/C21H26O2.C2H6/c1-3-4-14-11-17-13(12-19(14)22)5-6-16-15(17)9-10-21(2)18(16)7-8-20(21)23;1-2/h11-12,15-16,18,20,22-23H,5-10H2,1-2H3;1-2H3. The molecule has 2 nitrogen and oxygen atoms in total. The maximum Gasteiger partial charge on any atom is 0.131 e. The van der Waals surface area contributed by atoms with Crippen LogP contribution in [0.1, 0.15) is 82.4 Å². The third-order valence-electron chi connectivity index (χ3n) is 7.05. The van der Waals surface area contributed by atoms with Gasteiger partial charge in [0.15, 0.2) is 0 Å². The molecule has 0 spiro atoms. The summed E-state index contributed by atoms with van der Waals surface area (Å²) in [6.07, 6.45) is 6.56. The Morgan fingerprint density at radius 3 is 2.60 bits per heavy atom. The highest BCUT2D eigenvalue weighted by atomic mass is 16.3. The summed E-state index contributed by atoms with van der Waals surface area (Å²) in [5.74, 6) is 8.20. The molecule has 1 aromatic carbocycles. The van der Waals surface area contributed by atoms with E-state index in [-0.39, 0.29) is 11.5 Å². The van der Waals surface area contributed by atoms with Gasteiger partial charge in [-0.1, -0.05) is 26.7 Å². The Balaban J connectivity index is 0.000000880. The number of hydrogen-bond donors (Lipinski definition) is 2. The molecule has 136 valence electrons. The zero-order chi connectivity index (χ0) is 18.2. The molecular weight excluding hydrogens is 308 g/mol. The highest BCUT2D eigenvalue weighted by Crippen LogP contribution is 2.61. The Bertz CT molecular complexity index is 696. The lowest BCUT2D eigenvalue weighted by Gasteiger charge is -2.50. The summed E-state index contributed by atoms with van der Waals surface area (Å²) in [6, 6.07) is 4.09. The molecule has 0 saturated heterocycles. The second-order valence-corrected chi connectivity index (χ2v) is 8.00. The second-order valence-electron chi connectivity index (χ2n) is 8.00. The van der Waals surface area contributed by atoms with Crippen molar-refractivity contribution in [3.05, 3.63) is 28.8 Å². The number of fused-ring (bicyclic) bond motifs is 5. The van der Waals surface area contributed by atoms with Gasteiger partial charge in [-0.2, -0.15) is 0 Å². The molecule has 5 unspecified atom stereocenters. The number of rotatable bonds is 0. The Labute approximate surface area is 152 Å². The van der Waals surface area contributed by atoms with E-state index in [1.54, 1.807) is 0 Å². The zero-order valence-electron chi connectivity index (χ0n) is 16.1. The molecule has 0 heterocycles. The first-order valence-electron chi connectivity index (χ1n) is 10.0. The number of aliphatic hydroxyl groups is 1. The molecule has 2 fully saturated rings.